The molecule has 1 aliphatic heterocycles. The zero-order chi connectivity index (χ0) is 38.7. The van der Waals surface area contributed by atoms with E-state index < -0.39 is 102 Å². The van der Waals surface area contributed by atoms with Crippen molar-refractivity contribution in [3.05, 3.63) is 0 Å². The standard InChI is InChI=1S/C32H57N9O9S/c1-17(2)25-31(48)36-18(3)26(43)40-23(30(47)39-22(12-15-51-5)28(45)37-19(4)32(49)50)16-24(42)35-14-9-7-10-20(34)27(44)38-21(29(46)41-25)11-6-8-13-33/h17-23,25H,6-16,33-34H2,1-5H3,(H,35,42)(H,36,48)(H,37,45)(H,38,44)(H,39,47)(H,40,43)(H,41,46)(H,49,50)/t18-,19-,20-,21+,22-,23-,25-/m0/s1. The van der Waals surface area contributed by atoms with Crippen LogP contribution in [0.4, 0.5) is 0 Å². The predicted octanol–water partition coefficient (Wildman–Crippen LogP) is -2.42. The molecule has 7 amide bonds. The molecule has 1 fully saturated rings. The second kappa shape index (κ2) is 23.5. The van der Waals surface area contributed by atoms with E-state index >= 15 is 0 Å². The SMILES string of the molecule is CSCC[C@H](NC(=O)[C@@H]1CC(=O)NCCCC[C@H](N)C(=O)N[C@H](CCCCN)C(=O)N[C@@H](C(C)C)C(=O)N[C@@H](C)C(=O)N1)C(=O)N[C@@H](C)C(=O)O. The van der Waals surface area contributed by atoms with Crippen LogP contribution in [0, 0.1) is 5.92 Å². The average Bonchev–Trinajstić information content (AvgIpc) is 3.06. The fourth-order valence-electron chi connectivity index (χ4n) is 4.96. The molecule has 1 aliphatic rings. The number of carbonyl (C=O) groups is 8. The van der Waals surface area contributed by atoms with Gasteiger partial charge in [0.15, 0.2) is 0 Å². The quantitative estimate of drug-likeness (QED) is 0.0882. The summed E-state index contributed by atoms with van der Waals surface area (Å²) in [5.41, 5.74) is 11.7. The van der Waals surface area contributed by atoms with Crippen LogP contribution in [-0.2, 0) is 38.4 Å². The van der Waals surface area contributed by atoms with Crippen molar-refractivity contribution in [2.24, 2.45) is 17.4 Å². The van der Waals surface area contributed by atoms with Gasteiger partial charge in [0.1, 0.15) is 36.3 Å². The van der Waals surface area contributed by atoms with Crippen LogP contribution in [0.25, 0.3) is 0 Å². The maximum atomic E-state index is 13.5. The van der Waals surface area contributed by atoms with Crippen LogP contribution < -0.4 is 48.7 Å². The number of hydrogen-bond donors (Lipinski definition) is 10. The summed E-state index contributed by atoms with van der Waals surface area (Å²) >= 11 is 1.39. The second-order valence-electron chi connectivity index (χ2n) is 12.9. The first-order valence-electron chi connectivity index (χ1n) is 17.3. The lowest BCUT2D eigenvalue weighted by Crippen LogP contribution is -2.60. The van der Waals surface area contributed by atoms with E-state index in [1.165, 1.54) is 25.6 Å². The Morgan fingerprint density at radius 3 is 2.22 bits per heavy atom. The van der Waals surface area contributed by atoms with Crippen molar-refractivity contribution in [3.8, 4) is 0 Å². The van der Waals surface area contributed by atoms with E-state index in [1.807, 2.05) is 0 Å². The first kappa shape index (κ1) is 45.1. The van der Waals surface area contributed by atoms with E-state index in [4.69, 9.17) is 11.5 Å². The Morgan fingerprint density at radius 2 is 1.61 bits per heavy atom. The molecule has 1 saturated heterocycles. The van der Waals surface area contributed by atoms with Crippen molar-refractivity contribution in [3.63, 3.8) is 0 Å². The summed E-state index contributed by atoms with van der Waals surface area (Å²) in [4.78, 5) is 104. The topological polar surface area (TPSA) is 293 Å². The average molecular weight is 744 g/mol. The monoisotopic (exact) mass is 743 g/mol. The number of amides is 7. The lowest BCUT2D eigenvalue weighted by atomic mass is 10.0. The summed E-state index contributed by atoms with van der Waals surface area (Å²) in [5.74, 6) is -6.23. The number of carbonyl (C=O) groups excluding carboxylic acids is 7. The molecule has 0 radical (unpaired) electrons. The molecule has 0 spiro atoms. The van der Waals surface area contributed by atoms with E-state index in [1.54, 1.807) is 20.1 Å². The number of unbranched alkanes of at least 4 members (excludes halogenated alkanes) is 1. The van der Waals surface area contributed by atoms with Crippen molar-refractivity contribution in [1.82, 2.24) is 37.2 Å². The Hall–Kier alpha value is -3.97. The highest BCUT2D eigenvalue weighted by Crippen LogP contribution is 2.09. The molecule has 1 rings (SSSR count). The molecule has 19 heteroatoms. The van der Waals surface area contributed by atoms with Crippen LogP contribution in [-0.4, -0.2) is 120 Å². The van der Waals surface area contributed by atoms with Gasteiger partial charge >= 0.3 is 5.97 Å². The van der Waals surface area contributed by atoms with Crippen LogP contribution in [0.3, 0.4) is 0 Å². The van der Waals surface area contributed by atoms with Crippen LogP contribution in [0.5, 0.6) is 0 Å². The third kappa shape index (κ3) is 16.7. The highest BCUT2D eigenvalue weighted by molar-refractivity contribution is 7.98. The maximum Gasteiger partial charge on any atom is 0.325 e. The van der Waals surface area contributed by atoms with Crippen molar-refractivity contribution < 1.29 is 43.5 Å². The summed E-state index contributed by atoms with van der Waals surface area (Å²) < 4.78 is 0. The largest absolute Gasteiger partial charge is 0.480 e. The van der Waals surface area contributed by atoms with Crippen LogP contribution >= 0.6 is 11.8 Å². The number of carboxylic acid groups (broad SMARTS) is 1. The van der Waals surface area contributed by atoms with Gasteiger partial charge in [-0.15, -0.1) is 0 Å². The number of aliphatic carboxylic acids is 1. The summed E-state index contributed by atoms with van der Waals surface area (Å²) in [6.07, 6.45) is 3.87. The zero-order valence-corrected chi connectivity index (χ0v) is 31.0. The summed E-state index contributed by atoms with van der Waals surface area (Å²) in [5, 5.41) is 27.1. The number of hydrogen-bond acceptors (Lipinski definition) is 11. The minimum absolute atomic E-state index is 0.126. The van der Waals surface area contributed by atoms with Crippen molar-refractivity contribution in [1.29, 1.82) is 0 Å². The van der Waals surface area contributed by atoms with Gasteiger partial charge < -0.3 is 53.8 Å². The predicted molar refractivity (Wildman–Crippen MR) is 191 cm³/mol. The fraction of sp³-hybridized carbons (Fsp3) is 0.750. The molecular weight excluding hydrogens is 686 g/mol. The molecule has 0 saturated carbocycles. The smallest absolute Gasteiger partial charge is 0.325 e. The Balaban J connectivity index is 3.34. The molecule has 0 unspecified atom stereocenters. The number of nitrogens with two attached hydrogens (primary N) is 2. The Morgan fingerprint density at radius 1 is 0.922 bits per heavy atom. The van der Waals surface area contributed by atoms with Crippen molar-refractivity contribution in [2.75, 3.05) is 25.1 Å². The third-order valence-electron chi connectivity index (χ3n) is 8.18. The molecule has 1 heterocycles. The van der Waals surface area contributed by atoms with Crippen LogP contribution in [0.1, 0.15) is 79.1 Å². The molecule has 0 aromatic rings. The van der Waals surface area contributed by atoms with E-state index in [0.717, 1.165) is 0 Å². The lowest BCUT2D eigenvalue weighted by molar-refractivity contribution is -0.142. The van der Waals surface area contributed by atoms with Gasteiger partial charge in [-0.1, -0.05) is 13.8 Å². The minimum atomic E-state index is -1.49. The van der Waals surface area contributed by atoms with Gasteiger partial charge in [-0.2, -0.15) is 11.8 Å². The Kier molecular flexibility index (Phi) is 20.8. The van der Waals surface area contributed by atoms with Crippen LogP contribution in [0.15, 0.2) is 0 Å². The van der Waals surface area contributed by atoms with Gasteiger partial charge in [-0.25, -0.2) is 0 Å². The molecule has 18 nitrogen and oxygen atoms in total. The Labute approximate surface area is 303 Å². The number of thioether (sulfide) groups is 1. The van der Waals surface area contributed by atoms with E-state index in [2.05, 4.69) is 37.2 Å². The maximum absolute atomic E-state index is 13.5. The number of rotatable bonds is 13. The number of nitrogens with one attached hydrogen (secondary N) is 7. The highest BCUT2D eigenvalue weighted by Gasteiger charge is 2.34. The molecule has 0 aromatic carbocycles. The lowest BCUT2D eigenvalue weighted by Gasteiger charge is -2.28. The van der Waals surface area contributed by atoms with Gasteiger partial charge in [0.05, 0.1) is 12.5 Å². The van der Waals surface area contributed by atoms with E-state index in [0.29, 0.717) is 38.0 Å². The molecule has 51 heavy (non-hydrogen) atoms. The molecule has 0 bridgehead atoms. The zero-order valence-electron chi connectivity index (χ0n) is 30.2. The van der Waals surface area contributed by atoms with Crippen molar-refractivity contribution in [2.45, 2.75) is 121 Å². The van der Waals surface area contributed by atoms with Gasteiger partial charge in [0.25, 0.3) is 0 Å². The molecule has 290 valence electrons. The highest BCUT2D eigenvalue weighted by atomic mass is 32.2. The molecule has 0 aromatic heterocycles. The fourth-order valence-corrected chi connectivity index (χ4v) is 5.43. The molecule has 12 N–H and O–H groups in total. The second-order valence-corrected chi connectivity index (χ2v) is 13.9. The van der Waals surface area contributed by atoms with Gasteiger partial charge in [-0.3, -0.25) is 38.4 Å². The normalized spacial score (nSPS) is 24.5. The van der Waals surface area contributed by atoms with Crippen LogP contribution in [0.2, 0.25) is 0 Å². The molecular formula is C32H57N9O9S. The summed E-state index contributed by atoms with van der Waals surface area (Å²) in [7, 11) is 0. The summed E-state index contributed by atoms with van der Waals surface area (Å²) in [6, 6.07) is -8.21. The van der Waals surface area contributed by atoms with Gasteiger partial charge in [0.2, 0.25) is 41.4 Å². The van der Waals surface area contributed by atoms with Gasteiger partial charge in [0, 0.05) is 6.54 Å². The van der Waals surface area contributed by atoms with Gasteiger partial charge in [-0.05, 0) is 83.3 Å². The first-order chi connectivity index (χ1) is 24.0. The van der Waals surface area contributed by atoms with E-state index in [9.17, 15) is 43.5 Å². The molecule has 0 aliphatic carbocycles. The molecule has 7 atom stereocenters. The number of carboxylic acids is 1. The van der Waals surface area contributed by atoms with E-state index in [-0.39, 0.29) is 25.8 Å². The third-order valence-corrected chi connectivity index (χ3v) is 8.82. The Bertz CT molecular complexity index is 1220. The first-order valence-corrected chi connectivity index (χ1v) is 18.7. The van der Waals surface area contributed by atoms with Crippen molar-refractivity contribution >= 4 is 59.1 Å². The minimum Gasteiger partial charge on any atom is -0.480 e. The summed E-state index contributed by atoms with van der Waals surface area (Å²) in [6.45, 7) is 6.54.